The second-order valence-corrected chi connectivity index (χ2v) is 8.70. The highest BCUT2D eigenvalue weighted by molar-refractivity contribution is 5.79. The van der Waals surface area contributed by atoms with Gasteiger partial charge < -0.3 is 25.1 Å². The van der Waals surface area contributed by atoms with Crippen molar-refractivity contribution in [3.63, 3.8) is 0 Å². The van der Waals surface area contributed by atoms with Gasteiger partial charge in [0, 0.05) is 18.6 Å². The van der Waals surface area contributed by atoms with E-state index >= 15 is 0 Å². The number of hydrogen-bond acceptors (Lipinski definition) is 5. The third-order valence-corrected chi connectivity index (χ3v) is 5.78. The molecule has 0 fully saturated rings. The maximum atomic E-state index is 12.1. The summed E-state index contributed by atoms with van der Waals surface area (Å²) in [5, 5.41) is 22.7. The zero-order valence-electron chi connectivity index (χ0n) is 20.9. The second kappa shape index (κ2) is 16.1. The second-order valence-electron chi connectivity index (χ2n) is 8.70. The molecule has 1 aromatic carbocycles. The molecule has 0 aliphatic carbocycles. The molecule has 36 heavy (non-hydrogen) atoms. The fraction of sp³-hybridized carbons (Fsp3) is 0.429. The third kappa shape index (κ3) is 11.2. The predicted octanol–water partition coefficient (Wildman–Crippen LogP) is 3.11. The van der Waals surface area contributed by atoms with Crippen molar-refractivity contribution < 1.29 is 33.9 Å². The molecule has 8 nitrogen and oxygen atoms in total. The van der Waals surface area contributed by atoms with E-state index < -0.39 is 24.1 Å². The molecule has 1 atom stereocenters. The lowest BCUT2D eigenvalue weighted by Gasteiger charge is -2.14. The standard InChI is InChI=1S/C28H36N2O6/c1-2-3-5-11-22-17-19-30(24(20-22)14-10-16-26(31)32)18-9-8-15-25(27(33)34)29-28(35)36-21-23-12-6-4-7-13-23/h4,6-7,10,12-13,16-17,19-20,25H,2-3,5,8-9,11,14-15,18,21H2,1H3,(H2-,29,31,32,33,34,35)/b16-10+. The van der Waals surface area contributed by atoms with Gasteiger partial charge in [0.1, 0.15) is 19.2 Å². The summed E-state index contributed by atoms with van der Waals surface area (Å²) in [4.78, 5) is 34.4. The lowest BCUT2D eigenvalue weighted by molar-refractivity contribution is -0.704. The minimum absolute atomic E-state index is 0.0687. The van der Waals surface area contributed by atoms with E-state index in [9.17, 15) is 24.6 Å². The molecule has 0 radical (unpaired) electrons. The summed E-state index contributed by atoms with van der Waals surface area (Å²) < 4.78 is 7.19. The first kappa shape index (κ1) is 28.6. The fourth-order valence-corrected chi connectivity index (χ4v) is 3.83. The summed E-state index contributed by atoms with van der Waals surface area (Å²) in [6.07, 6.45) is 10.2. The zero-order valence-corrected chi connectivity index (χ0v) is 20.9. The van der Waals surface area contributed by atoms with Crippen LogP contribution in [0.3, 0.4) is 0 Å². The zero-order chi connectivity index (χ0) is 26.2. The van der Waals surface area contributed by atoms with Crippen molar-refractivity contribution in [1.29, 1.82) is 0 Å². The van der Waals surface area contributed by atoms with Gasteiger partial charge in [-0.25, -0.2) is 14.2 Å². The fourth-order valence-electron chi connectivity index (χ4n) is 3.83. The van der Waals surface area contributed by atoms with Crippen molar-refractivity contribution in [2.75, 3.05) is 0 Å². The van der Waals surface area contributed by atoms with E-state index in [4.69, 9.17) is 4.74 Å². The van der Waals surface area contributed by atoms with E-state index in [0.29, 0.717) is 25.8 Å². The molecule has 2 N–H and O–H groups in total. The van der Waals surface area contributed by atoms with Crippen molar-refractivity contribution in [1.82, 2.24) is 5.32 Å². The average molecular weight is 497 g/mol. The van der Waals surface area contributed by atoms with Gasteiger partial charge in [-0.2, -0.15) is 0 Å². The van der Waals surface area contributed by atoms with Crippen LogP contribution in [0, 0.1) is 0 Å². The van der Waals surface area contributed by atoms with Gasteiger partial charge in [-0.15, -0.1) is 0 Å². The third-order valence-electron chi connectivity index (χ3n) is 5.78. The summed E-state index contributed by atoms with van der Waals surface area (Å²) >= 11 is 0. The smallest absolute Gasteiger partial charge is 0.408 e. The summed E-state index contributed by atoms with van der Waals surface area (Å²) in [5.74, 6) is -2.33. The van der Waals surface area contributed by atoms with Gasteiger partial charge >= 0.3 is 12.1 Å². The minimum Gasteiger partial charge on any atom is -0.545 e. The van der Waals surface area contributed by atoms with E-state index in [2.05, 4.69) is 28.9 Å². The minimum atomic E-state index is -1.23. The van der Waals surface area contributed by atoms with Crippen LogP contribution in [-0.4, -0.2) is 29.2 Å². The summed E-state index contributed by atoms with van der Waals surface area (Å²) in [7, 11) is 0. The Morgan fingerprint density at radius 1 is 1.08 bits per heavy atom. The van der Waals surface area contributed by atoms with Crippen LogP contribution in [0.15, 0.2) is 60.8 Å². The van der Waals surface area contributed by atoms with Crippen LogP contribution in [0.2, 0.25) is 0 Å². The number of amides is 1. The van der Waals surface area contributed by atoms with Crippen molar-refractivity contribution in [2.45, 2.75) is 77.5 Å². The van der Waals surface area contributed by atoms with Crippen molar-refractivity contribution in [2.24, 2.45) is 0 Å². The Balaban J connectivity index is 1.88. The number of ether oxygens (including phenoxy) is 1. The highest BCUT2D eigenvalue weighted by Gasteiger charge is 2.21. The molecular formula is C28H36N2O6. The van der Waals surface area contributed by atoms with Crippen LogP contribution in [-0.2, 0) is 40.3 Å². The SMILES string of the molecule is CCCCCc1cc[n+](CCCCC(NC(=O)OCc2ccccc2)C(=O)O)c(C/C=C/C(=O)[O-])c1. The number of pyridine rings is 1. The maximum Gasteiger partial charge on any atom is 0.408 e. The molecule has 0 aliphatic heterocycles. The first-order valence-corrected chi connectivity index (χ1v) is 12.5. The predicted molar refractivity (Wildman–Crippen MR) is 133 cm³/mol. The lowest BCUT2D eigenvalue weighted by atomic mass is 10.1. The number of aromatic nitrogens is 1. The summed E-state index contributed by atoms with van der Waals surface area (Å²) in [6.45, 7) is 2.88. The maximum absolute atomic E-state index is 12.1. The van der Waals surface area contributed by atoms with Gasteiger partial charge in [-0.1, -0.05) is 56.2 Å². The number of benzene rings is 1. The van der Waals surface area contributed by atoms with Crippen LogP contribution in [0.25, 0.3) is 0 Å². The average Bonchev–Trinajstić information content (AvgIpc) is 2.86. The highest BCUT2D eigenvalue weighted by Crippen LogP contribution is 2.09. The number of aryl methyl sites for hydroxylation is 2. The molecule has 1 aromatic heterocycles. The van der Waals surface area contributed by atoms with Gasteiger partial charge in [0.25, 0.3) is 0 Å². The molecule has 1 unspecified atom stereocenters. The van der Waals surface area contributed by atoms with Crippen molar-refractivity contribution in [3.8, 4) is 0 Å². The van der Waals surface area contributed by atoms with Gasteiger partial charge in [0.05, 0.1) is 12.4 Å². The lowest BCUT2D eigenvalue weighted by Crippen LogP contribution is -2.41. The topological polar surface area (TPSA) is 120 Å². The Morgan fingerprint density at radius 3 is 2.56 bits per heavy atom. The molecule has 0 spiro atoms. The summed E-state index contributed by atoms with van der Waals surface area (Å²) in [6, 6.07) is 12.3. The molecule has 0 saturated carbocycles. The molecule has 8 heteroatoms. The number of unbranched alkanes of at least 4 members (excludes halogenated alkanes) is 3. The molecular weight excluding hydrogens is 460 g/mol. The van der Waals surface area contributed by atoms with Gasteiger partial charge in [0.15, 0.2) is 11.9 Å². The number of nitrogens with zero attached hydrogens (tertiary/aromatic N) is 1. The largest absolute Gasteiger partial charge is 0.545 e. The summed E-state index contributed by atoms with van der Waals surface area (Å²) in [5.41, 5.74) is 3.01. The molecule has 194 valence electrons. The van der Waals surface area contributed by atoms with E-state index in [1.807, 2.05) is 36.5 Å². The normalized spacial score (nSPS) is 11.8. The monoisotopic (exact) mass is 496 g/mol. The highest BCUT2D eigenvalue weighted by atomic mass is 16.5. The van der Waals surface area contributed by atoms with E-state index in [-0.39, 0.29) is 13.0 Å². The molecule has 2 aromatic rings. The van der Waals surface area contributed by atoms with E-state index in [1.54, 1.807) is 6.08 Å². The Labute approximate surface area is 212 Å². The van der Waals surface area contributed by atoms with Crippen molar-refractivity contribution in [3.05, 3.63) is 77.6 Å². The van der Waals surface area contributed by atoms with Crippen LogP contribution in [0.5, 0.6) is 0 Å². The van der Waals surface area contributed by atoms with E-state index in [1.165, 1.54) is 5.56 Å². The van der Waals surface area contributed by atoms with Crippen LogP contribution in [0.4, 0.5) is 4.79 Å². The number of allylic oxidation sites excluding steroid dienone is 1. The van der Waals surface area contributed by atoms with Gasteiger partial charge in [0.2, 0.25) is 0 Å². The number of carbonyl (C=O) groups excluding carboxylic acids is 2. The molecule has 1 heterocycles. The Hall–Kier alpha value is -3.68. The van der Waals surface area contributed by atoms with Gasteiger partial charge in [-0.05, 0) is 42.9 Å². The number of carboxylic acid groups (broad SMARTS) is 2. The number of rotatable bonds is 16. The molecule has 1 amide bonds. The number of alkyl carbamates (subject to hydrolysis) is 1. The van der Waals surface area contributed by atoms with E-state index in [0.717, 1.165) is 43.0 Å². The number of hydrogen-bond donors (Lipinski definition) is 2. The first-order chi connectivity index (χ1) is 17.4. The molecule has 0 saturated heterocycles. The van der Waals surface area contributed by atoms with Crippen LogP contribution < -0.4 is 15.0 Å². The first-order valence-electron chi connectivity index (χ1n) is 12.5. The number of carboxylic acids is 2. The molecule has 0 aliphatic rings. The number of nitrogens with one attached hydrogen (secondary N) is 1. The molecule has 2 rings (SSSR count). The van der Waals surface area contributed by atoms with Crippen molar-refractivity contribution >= 4 is 18.0 Å². The number of carbonyl (C=O) groups is 3. The van der Waals surface area contributed by atoms with Crippen LogP contribution in [0.1, 0.15) is 62.3 Å². The number of aliphatic carboxylic acids is 2. The quantitative estimate of drug-likeness (QED) is 0.209. The van der Waals surface area contributed by atoms with Gasteiger partial charge in [-0.3, -0.25) is 0 Å². The van der Waals surface area contributed by atoms with Crippen LogP contribution >= 0.6 is 0 Å². The molecule has 0 bridgehead atoms. The Morgan fingerprint density at radius 2 is 1.86 bits per heavy atom. The Kier molecular flexibility index (Phi) is 12.8. The Bertz CT molecular complexity index is 1010.